The number of hydrogen-bond donors (Lipinski definition) is 1. The van der Waals surface area contributed by atoms with E-state index in [4.69, 9.17) is 11.2 Å². The molecule has 0 saturated carbocycles. The maximum Gasteiger partial charge on any atom is 0.123 e. The minimum atomic E-state index is -0.275. The van der Waals surface area contributed by atoms with Gasteiger partial charge in [0.2, 0.25) is 0 Å². The van der Waals surface area contributed by atoms with Crippen LogP contribution < -0.4 is 5.32 Å². The van der Waals surface area contributed by atoms with Gasteiger partial charge in [-0.2, -0.15) is 0 Å². The lowest BCUT2D eigenvalue weighted by atomic mass is 10.2. The molecule has 1 aromatic rings. The minimum absolute atomic E-state index is 0.275. The van der Waals surface area contributed by atoms with Crippen LogP contribution in [0.2, 0.25) is 0 Å². The third-order valence-electron chi connectivity index (χ3n) is 1.75. The molecule has 0 atom stereocenters. The molecule has 0 spiro atoms. The molecule has 14 heavy (non-hydrogen) atoms. The van der Waals surface area contributed by atoms with Crippen LogP contribution in [-0.2, 0) is 11.3 Å². The van der Waals surface area contributed by atoms with Gasteiger partial charge in [0.25, 0.3) is 0 Å². The van der Waals surface area contributed by atoms with Gasteiger partial charge in [0.1, 0.15) is 5.82 Å². The first-order valence-electron chi connectivity index (χ1n) is 4.22. The summed E-state index contributed by atoms with van der Waals surface area (Å²) in [5.41, 5.74) is 1.58. The fourth-order valence-electron chi connectivity index (χ4n) is 1.16. The second-order valence-electron chi connectivity index (χ2n) is 2.79. The number of anilines is 1. The Balaban J connectivity index is 2.85. The zero-order chi connectivity index (χ0) is 10.4. The standard InChI is InChI=1S/C11H12FNO/c1-3-6-13-11-5-4-10(12)7-9(11)8-14-2/h1,4-5,7,13H,6,8H2,2H3. The Bertz CT molecular complexity index is 344. The number of terminal acetylenes is 1. The van der Waals surface area contributed by atoms with Crippen molar-refractivity contribution in [3.05, 3.63) is 29.6 Å². The summed E-state index contributed by atoms with van der Waals surface area (Å²) in [5, 5.41) is 2.99. The van der Waals surface area contributed by atoms with Crippen molar-refractivity contribution in [2.75, 3.05) is 19.0 Å². The van der Waals surface area contributed by atoms with E-state index in [1.807, 2.05) is 0 Å². The van der Waals surface area contributed by atoms with E-state index in [0.717, 1.165) is 11.3 Å². The number of rotatable bonds is 4. The SMILES string of the molecule is C#CCNc1ccc(F)cc1COC. The summed E-state index contributed by atoms with van der Waals surface area (Å²) in [7, 11) is 1.57. The van der Waals surface area contributed by atoms with Gasteiger partial charge >= 0.3 is 0 Å². The van der Waals surface area contributed by atoms with Crippen LogP contribution in [0.4, 0.5) is 10.1 Å². The Morgan fingerprint density at radius 3 is 3.00 bits per heavy atom. The lowest BCUT2D eigenvalue weighted by Gasteiger charge is -2.09. The van der Waals surface area contributed by atoms with Gasteiger partial charge in [0.05, 0.1) is 13.2 Å². The van der Waals surface area contributed by atoms with Gasteiger partial charge in [-0.25, -0.2) is 4.39 Å². The predicted octanol–water partition coefficient (Wildman–Crippen LogP) is 2.02. The Kier molecular flexibility index (Phi) is 3.96. The van der Waals surface area contributed by atoms with Crippen molar-refractivity contribution in [2.24, 2.45) is 0 Å². The Labute approximate surface area is 83.1 Å². The van der Waals surface area contributed by atoms with E-state index in [1.165, 1.54) is 12.1 Å². The van der Waals surface area contributed by atoms with Gasteiger partial charge in [-0.05, 0) is 18.2 Å². The molecular weight excluding hydrogens is 181 g/mol. The lowest BCUT2D eigenvalue weighted by Crippen LogP contribution is -2.03. The normalized spacial score (nSPS) is 9.50. The summed E-state index contributed by atoms with van der Waals surface area (Å²) in [6, 6.07) is 4.47. The average Bonchev–Trinajstić information content (AvgIpc) is 2.17. The maximum atomic E-state index is 12.9. The summed E-state index contributed by atoms with van der Waals surface area (Å²) in [6.07, 6.45) is 5.11. The highest BCUT2D eigenvalue weighted by atomic mass is 19.1. The van der Waals surface area contributed by atoms with Gasteiger partial charge in [-0.1, -0.05) is 5.92 Å². The first kappa shape index (κ1) is 10.6. The van der Waals surface area contributed by atoms with E-state index in [0.29, 0.717) is 13.2 Å². The van der Waals surface area contributed by atoms with E-state index < -0.39 is 0 Å². The minimum Gasteiger partial charge on any atom is -0.380 e. The number of benzene rings is 1. The highest BCUT2D eigenvalue weighted by Gasteiger charge is 2.02. The molecule has 0 bridgehead atoms. The van der Waals surface area contributed by atoms with E-state index in [-0.39, 0.29) is 5.82 Å². The van der Waals surface area contributed by atoms with Crippen molar-refractivity contribution in [1.82, 2.24) is 0 Å². The molecule has 74 valence electrons. The van der Waals surface area contributed by atoms with Crippen LogP contribution in [0.25, 0.3) is 0 Å². The van der Waals surface area contributed by atoms with Crippen LogP contribution in [-0.4, -0.2) is 13.7 Å². The van der Waals surface area contributed by atoms with Crippen molar-refractivity contribution < 1.29 is 9.13 Å². The molecule has 0 fully saturated rings. The van der Waals surface area contributed by atoms with Gasteiger partial charge in [-0.3, -0.25) is 0 Å². The molecule has 0 unspecified atom stereocenters. The van der Waals surface area contributed by atoms with E-state index in [2.05, 4.69) is 11.2 Å². The van der Waals surface area contributed by atoms with Crippen molar-refractivity contribution in [3.8, 4) is 12.3 Å². The molecule has 0 aliphatic heterocycles. The molecule has 0 amide bonds. The molecule has 0 radical (unpaired) electrons. The van der Waals surface area contributed by atoms with E-state index >= 15 is 0 Å². The molecule has 0 aliphatic rings. The maximum absolute atomic E-state index is 12.9. The number of ether oxygens (including phenoxy) is 1. The van der Waals surface area contributed by atoms with Crippen molar-refractivity contribution in [2.45, 2.75) is 6.61 Å². The highest BCUT2D eigenvalue weighted by Crippen LogP contribution is 2.17. The smallest absolute Gasteiger partial charge is 0.123 e. The van der Waals surface area contributed by atoms with Crippen LogP contribution >= 0.6 is 0 Å². The number of halogens is 1. The molecule has 3 heteroatoms. The average molecular weight is 193 g/mol. The third kappa shape index (κ3) is 2.75. The van der Waals surface area contributed by atoms with Gasteiger partial charge in [-0.15, -0.1) is 6.42 Å². The zero-order valence-electron chi connectivity index (χ0n) is 8.01. The predicted molar refractivity (Wildman–Crippen MR) is 54.4 cm³/mol. The van der Waals surface area contributed by atoms with Crippen molar-refractivity contribution in [1.29, 1.82) is 0 Å². The van der Waals surface area contributed by atoms with Crippen LogP contribution in [0.3, 0.4) is 0 Å². The number of hydrogen-bond acceptors (Lipinski definition) is 2. The van der Waals surface area contributed by atoms with Crippen molar-refractivity contribution in [3.63, 3.8) is 0 Å². The molecule has 1 aromatic carbocycles. The second-order valence-corrected chi connectivity index (χ2v) is 2.79. The molecule has 1 N–H and O–H groups in total. The third-order valence-corrected chi connectivity index (χ3v) is 1.75. The van der Waals surface area contributed by atoms with Gasteiger partial charge < -0.3 is 10.1 Å². The summed E-state index contributed by atoms with van der Waals surface area (Å²) in [4.78, 5) is 0. The highest BCUT2D eigenvalue weighted by molar-refractivity contribution is 5.51. The van der Waals surface area contributed by atoms with E-state index in [1.54, 1.807) is 13.2 Å². The Morgan fingerprint density at radius 2 is 2.36 bits per heavy atom. The lowest BCUT2D eigenvalue weighted by molar-refractivity contribution is 0.185. The van der Waals surface area contributed by atoms with Gasteiger partial charge in [0.15, 0.2) is 0 Å². The first-order chi connectivity index (χ1) is 6.77. The molecule has 0 saturated heterocycles. The summed E-state index contributed by atoms with van der Waals surface area (Å²) in [5.74, 6) is 2.18. The molecule has 1 rings (SSSR count). The molecule has 0 aliphatic carbocycles. The Hall–Kier alpha value is -1.53. The van der Waals surface area contributed by atoms with Crippen LogP contribution in [0.5, 0.6) is 0 Å². The summed E-state index contributed by atoms with van der Waals surface area (Å²) in [6.45, 7) is 0.785. The fourth-order valence-corrected chi connectivity index (χ4v) is 1.16. The molecular formula is C11H12FNO. The van der Waals surface area contributed by atoms with Crippen LogP contribution in [0, 0.1) is 18.2 Å². The van der Waals surface area contributed by atoms with Crippen LogP contribution in [0.1, 0.15) is 5.56 Å². The monoisotopic (exact) mass is 193 g/mol. The number of methoxy groups -OCH3 is 1. The van der Waals surface area contributed by atoms with E-state index in [9.17, 15) is 4.39 Å². The fraction of sp³-hybridized carbons (Fsp3) is 0.273. The summed E-state index contributed by atoms with van der Waals surface area (Å²) >= 11 is 0. The first-order valence-corrected chi connectivity index (χ1v) is 4.22. The quantitative estimate of drug-likeness (QED) is 0.738. The molecule has 0 aromatic heterocycles. The summed E-state index contributed by atoms with van der Waals surface area (Å²) < 4.78 is 17.8. The largest absolute Gasteiger partial charge is 0.380 e. The number of nitrogens with one attached hydrogen (secondary N) is 1. The zero-order valence-corrected chi connectivity index (χ0v) is 8.01. The van der Waals surface area contributed by atoms with Crippen molar-refractivity contribution >= 4 is 5.69 Å². The van der Waals surface area contributed by atoms with Gasteiger partial charge in [0, 0.05) is 18.4 Å². The second kappa shape index (κ2) is 5.25. The van der Waals surface area contributed by atoms with Crippen LogP contribution in [0.15, 0.2) is 18.2 Å². The topological polar surface area (TPSA) is 21.3 Å². The molecule has 2 nitrogen and oxygen atoms in total. The Morgan fingerprint density at radius 1 is 1.57 bits per heavy atom. The molecule has 0 heterocycles.